The molecule has 84 valence electrons. The number of halogens is 2. The van der Waals surface area contributed by atoms with Gasteiger partial charge in [0.05, 0.1) is 0 Å². The molecular weight excluding hydrogens is 336 g/mol. The van der Waals surface area contributed by atoms with Crippen molar-refractivity contribution in [1.29, 1.82) is 0 Å². The molecule has 0 heterocycles. The minimum Gasteiger partial charge on any atom is -0.510 e. The number of rotatable bonds is 1. The van der Waals surface area contributed by atoms with E-state index in [2.05, 4.69) is 31.9 Å². The molecule has 0 fully saturated rings. The van der Waals surface area contributed by atoms with Gasteiger partial charge in [-0.2, -0.15) is 0 Å². The molecule has 1 aliphatic carbocycles. The smallest absolute Gasteiger partial charge is 0.141 e. The highest BCUT2D eigenvalue weighted by molar-refractivity contribution is 9.25. The number of allylic oxidation sites excluding steroid dienone is 4. The average molecular weight is 346 g/mol. The van der Waals surface area contributed by atoms with Crippen molar-refractivity contribution >= 4 is 37.4 Å². The van der Waals surface area contributed by atoms with Crippen LogP contribution in [-0.4, -0.2) is 13.4 Å². The number of aliphatic hydroxyl groups excluding tert-OH is 1. The second-order valence-electron chi connectivity index (χ2n) is 3.67. The number of aromatic hydroxyl groups is 1. The van der Waals surface area contributed by atoms with Crippen LogP contribution in [0.5, 0.6) is 5.75 Å². The molecule has 0 bridgehead atoms. The molecule has 0 radical (unpaired) electrons. The zero-order valence-corrected chi connectivity index (χ0v) is 11.5. The molecule has 0 aromatic heterocycles. The lowest BCUT2D eigenvalue weighted by Gasteiger charge is -2.24. The van der Waals surface area contributed by atoms with E-state index in [9.17, 15) is 10.2 Å². The van der Waals surface area contributed by atoms with E-state index in [1.807, 2.05) is 18.2 Å². The molecular formula is C12H10Br2O2. The van der Waals surface area contributed by atoms with Crippen LogP contribution >= 0.6 is 31.9 Å². The van der Waals surface area contributed by atoms with Crippen LogP contribution in [0.15, 0.2) is 42.2 Å². The molecule has 2 rings (SSSR count). The SMILES string of the molecule is OC1=CC=C(c2ccc(O)cc2)CC1(Br)Br. The van der Waals surface area contributed by atoms with Gasteiger partial charge in [-0.1, -0.05) is 50.1 Å². The fourth-order valence-corrected chi connectivity index (χ4v) is 2.43. The van der Waals surface area contributed by atoms with Crippen LogP contribution in [0.25, 0.3) is 5.57 Å². The van der Waals surface area contributed by atoms with Gasteiger partial charge in [-0.25, -0.2) is 0 Å². The number of hydrogen-bond donors (Lipinski definition) is 2. The van der Waals surface area contributed by atoms with Crippen molar-refractivity contribution in [3.8, 4) is 5.75 Å². The minimum absolute atomic E-state index is 0.252. The third-order valence-corrected chi connectivity index (χ3v) is 3.84. The van der Waals surface area contributed by atoms with Gasteiger partial charge in [-0.3, -0.25) is 0 Å². The van der Waals surface area contributed by atoms with Gasteiger partial charge >= 0.3 is 0 Å². The summed E-state index contributed by atoms with van der Waals surface area (Å²) < 4.78 is -0.581. The third kappa shape index (κ3) is 2.33. The topological polar surface area (TPSA) is 40.5 Å². The molecule has 16 heavy (non-hydrogen) atoms. The van der Waals surface area contributed by atoms with E-state index >= 15 is 0 Å². The van der Waals surface area contributed by atoms with Crippen molar-refractivity contribution in [3.63, 3.8) is 0 Å². The molecule has 1 aromatic rings. The first-order valence-electron chi connectivity index (χ1n) is 4.76. The molecule has 0 aliphatic heterocycles. The van der Waals surface area contributed by atoms with E-state index in [-0.39, 0.29) is 11.5 Å². The lowest BCUT2D eigenvalue weighted by Crippen LogP contribution is -2.17. The average Bonchev–Trinajstić information content (AvgIpc) is 2.23. The fraction of sp³-hybridized carbons (Fsp3) is 0.167. The Balaban J connectivity index is 2.34. The van der Waals surface area contributed by atoms with Gasteiger partial charge in [0.25, 0.3) is 0 Å². The largest absolute Gasteiger partial charge is 0.510 e. The molecule has 2 nitrogen and oxygen atoms in total. The summed E-state index contributed by atoms with van der Waals surface area (Å²) in [5, 5.41) is 18.8. The maximum Gasteiger partial charge on any atom is 0.141 e. The summed E-state index contributed by atoms with van der Waals surface area (Å²) in [5.41, 5.74) is 2.12. The van der Waals surface area contributed by atoms with Crippen molar-refractivity contribution in [2.24, 2.45) is 0 Å². The zero-order valence-electron chi connectivity index (χ0n) is 8.32. The molecule has 0 atom stereocenters. The highest BCUT2D eigenvalue weighted by Gasteiger charge is 2.31. The van der Waals surface area contributed by atoms with Crippen LogP contribution in [0.1, 0.15) is 12.0 Å². The zero-order chi connectivity index (χ0) is 11.8. The Bertz CT molecular complexity index is 458. The number of hydrogen-bond acceptors (Lipinski definition) is 2. The highest BCUT2D eigenvalue weighted by Crippen LogP contribution is 2.44. The number of aliphatic hydroxyl groups is 1. The first-order chi connectivity index (χ1) is 7.49. The summed E-state index contributed by atoms with van der Waals surface area (Å²) in [6.07, 6.45) is 4.18. The molecule has 0 amide bonds. The second-order valence-corrected chi connectivity index (χ2v) is 7.44. The quantitative estimate of drug-likeness (QED) is 0.752. The minimum atomic E-state index is -0.581. The Kier molecular flexibility index (Phi) is 3.13. The molecule has 1 aliphatic rings. The maximum absolute atomic E-state index is 9.63. The maximum atomic E-state index is 9.63. The predicted molar refractivity (Wildman–Crippen MR) is 72.0 cm³/mol. The number of phenols is 1. The first-order valence-corrected chi connectivity index (χ1v) is 6.35. The molecule has 0 unspecified atom stereocenters. The van der Waals surface area contributed by atoms with E-state index in [1.54, 1.807) is 18.2 Å². The van der Waals surface area contributed by atoms with Crippen LogP contribution in [0.3, 0.4) is 0 Å². The summed E-state index contributed by atoms with van der Waals surface area (Å²) in [6.45, 7) is 0. The molecule has 1 aromatic carbocycles. The summed E-state index contributed by atoms with van der Waals surface area (Å²) in [6, 6.07) is 7.01. The Labute approximate surface area is 111 Å². The van der Waals surface area contributed by atoms with Crippen LogP contribution in [0, 0.1) is 0 Å². The van der Waals surface area contributed by atoms with Crippen molar-refractivity contribution in [3.05, 3.63) is 47.7 Å². The molecule has 0 saturated carbocycles. The van der Waals surface area contributed by atoms with E-state index in [4.69, 9.17) is 0 Å². The van der Waals surface area contributed by atoms with E-state index < -0.39 is 3.23 Å². The van der Waals surface area contributed by atoms with Gasteiger partial charge in [-0.05, 0) is 29.3 Å². The Hall–Kier alpha value is -0.740. The lowest BCUT2D eigenvalue weighted by molar-refractivity contribution is 0.388. The fourth-order valence-electron chi connectivity index (χ4n) is 1.56. The predicted octanol–water partition coefficient (Wildman–Crippen LogP) is 4.11. The Morgan fingerprint density at radius 2 is 1.62 bits per heavy atom. The van der Waals surface area contributed by atoms with Crippen LogP contribution in [0.2, 0.25) is 0 Å². The molecule has 4 heteroatoms. The van der Waals surface area contributed by atoms with Gasteiger partial charge in [0.2, 0.25) is 0 Å². The molecule has 0 spiro atoms. The van der Waals surface area contributed by atoms with Crippen molar-refractivity contribution < 1.29 is 10.2 Å². The number of alkyl halides is 2. The van der Waals surface area contributed by atoms with E-state index in [0.29, 0.717) is 6.42 Å². The standard InChI is InChI=1S/C12H10Br2O2/c13-12(14)7-9(3-6-11(12)16)8-1-4-10(15)5-2-8/h1-6,15-16H,7H2. The van der Waals surface area contributed by atoms with E-state index in [0.717, 1.165) is 11.1 Å². The van der Waals surface area contributed by atoms with Crippen molar-refractivity contribution in [2.75, 3.05) is 0 Å². The van der Waals surface area contributed by atoms with Gasteiger partial charge in [0.15, 0.2) is 0 Å². The monoisotopic (exact) mass is 344 g/mol. The van der Waals surface area contributed by atoms with Crippen molar-refractivity contribution in [2.45, 2.75) is 9.65 Å². The van der Waals surface area contributed by atoms with Gasteiger partial charge in [0.1, 0.15) is 14.7 Å². The van der Waals surface area contributed by atoms with Crippen LogP contribution in [0.4, 0.5) is 0 Å². The lowest BCUT2D eigenvalue weighted by atomic mass is 9.96. The highest BCUT2D eigenvalue weighted by atomic mass is 79.9. The Morgan fingerprint density at radius 3 is 2.19 bits per heavy atom. The van der Waals surface area contributed by atoms with Gasteiger partial charge in [0, 0.05) is 6.42 Å². The summed E-state index contributed by atoms with van der Waals surface area (Å²) in [4.78, 5) is 0. The molecule has 0 saturated heterocycles. The van der Waals surface area contributed by atoms with Gasteiger partial charge < -0.3 is 10.2 Å². The van der Waals surface area contributed by atoms with Crippen molar-refractivity contribution in [1.82, 2.24) is 0 Å². The van der Waals surface area contributed by atoms with Gasteiger partial charge in [-0.15, -0.1) is 0 Å². The summed E-state index contributed by atoms with van der Waals surface area (Å²) in [5.74, 6) is 0.512. The summed E-state index contributed by atoms with van der Waals surface area (Å²) in [7, 11) is 0. The second kappa shape index (κ2) is 4.26. The number of phenolic OH excluding ortho intramolecular Hbond substituents is 1. The molecule has 2 N–H and O–H groups in total. The van der Waals surface area contributed by atoms with Crippen LogP contribution < -0.4 is 0 Å². The normalized spacial score (nSPS) is 18.9. The first kappa shape index (κ1) is 11.7. The Morgan fingerprint density at radius 1 is 1.00 bits per heavy atom. The third-order valence-electron chi connectivity index (χ3n) is 2.47. The van der Waals surface area contributed by atoms with Crippen LogP contribution in [-0.2, 0) is 0 Å². The van der Waals surface area contributed by atoms with E-state index in [1.165, 1.54) is 0 Å². The number of benzene rings is 1. The summed E-state index contributed by atoms with van der Waals surface area (Å²) >= 11 is 6.84.